The van der Waals surface area contributed by atoms with Gasteiger partial charge in [0.1, 0.15) is 12.8 Å². The van der Waals surface area contributed by atoms with Crippen LogP contribution in [0.5, 0.6) is 0 Å². The SMILES string of the molecule is CCOC(=O)CC(=O)C(F)(F)F.CCOC(=O)CC(=O)C(F)(F)F.[Ni]. The Kier molecular flexibility index (Phi) is 14.3. The number of Topliss-reactive ketones (excluding diaryl/α,β-unsaturated/α-hetero) is 2. The molecule has 25 heavy (non-hydrogen) atoms. The Bertz CT molecular complexity index is 418. The molecule has 13 heteroatoms. The molecule has 0 aromatic carbocycles. The molecule has 0 saturated heterocycles. The summed E-state index contributed by atoms with van der Waals surface area (Å²) >= 11 is 0. The second-order valence-corrected chi connectivity index (χ2v) is 3.81. The van der Waals surface area contributed by atoms with Crippen molar-refractivity contribution in [3.8, 4) is 0 Å². The average Bonchev–Trinajstić information content (AvgIpc) is 2.37. The van der Waals surface area contributed by atoms with Crippen molar-refractivity contribution in [1.29, 1.82) is 0 Å². The molecule has 0 saturated carbocycles. The monoisotopic (exact) mass is 426 g/mol. The number of rotatable bonds is 6. The van der Waals surface area contributed by atoms with Gasteiger partial charge in [0.25, 0.3) is 0 Å². The van der Waals surface area contributed by atoms with Crippen molar-refractivity contribution in [1.82, 2.24) is 0 Å². The largest absolute Gasteiger partial charge is 0.466 e. The minimum atomic E-state index is -4.95. The normalized spacial score (nSPS) is 10.6. The van der Waals surface area contributed by atoms with Crippen LogP contribution >= 0.6 is 0 Å². The molecule has 0 spiro atoms. The molecule has 150 valence electrons. The van der Waals surface area contributed by atoms with Gasteiger partial charge in [-0.3, -0.25) is 19.2 Å². The smallest absolute Gasteiger partial charge is 0.450 e. The number of ketones is 2. The molecule has 6 nitrogen and oxygen atoms in total. The van der Waals surface area contributed by atoms with Crippen molar-refractivity contribution in [2.75, 3.05) is 13.2 Å². The van der Waals surface area contributed by atoms with E-state index in [-0.39, 0.29) is 29.7 Å². The number of halogens is 6. The average molecular weight is 427 g/mol. The first-order valence-electron chi connectivity index (χ1n) is 6.26. The first-order chi connectivity index (χ1) is 10.8. The van der Waals surface area contributed by atoms with Crippen molar-refractivity contribution in [3.63, 3.8) is 0 Å². The van der Waals surface area contributed by atoms with Gasteiger partial charge in [-0.05, 0) is 13.8 Å². The van der Waals surface area contributed by atoms with E-state index in [1.807, 2.05) is 0 Å². The van der Waals surface area contributed by atoms with E-state index >= 15 is 0 Å². The Morgan fingerprint density at radius 2 is 0.920 bits per heavy atom. The summed E-state index contributed by atoms with van der Waals surface area (Å²) in [4.78, 5) is 41.0. The number of esters is 2. The Labute approximate surface area is 148 Å². The molecular formula is C12H14F6NiO6. The van der Waals surface area contributed by atoms with E-state index in [4.69, 9.17) is 0 Å². The Balaban J connectivity index is -0.000000372. The topological polar surface area (TPSA) is 86.7 Å². The first-order valence-corrected chi connectivity index (χ1v) is 6.26. The molecule has 0 aromatic rings. The zero-order valence-electron chi connectivity index (χ0n) is 12.9. The van der Waals surface area contributed by atoms with Crippen molar-refractivity contribution in [3.05, 3.63) is 0 Å². The van der Waals surface area contributed by atoms with Crippen molar-refractivity contribution < 1.29 is 71.5 Å². The van der Waals surface area contributed by atoms with E-state index in [2.05, 4.69) is 9.47 Å². The molecule has 0 atom stereocenters. The summed E-state index contributed by atoms with van der Waals surface area (Å²) in [5.41, 5.74) is 0. The predicted molar refractivity (Wildman–Crippen MR) is 64.6 cm³/mol. The summed E-state index contributed by atoms with van der Waals surface area (Å²) in [6.45, 7) is 2.81. The maximum atomic E-state index is 11.5. The maximum absolute atomic E-state index is 11.5. The van der Waals surface area contributed by atoms with Crippen LogP contribution in [0.15, 0.2) is 0 Å². The first kappa shape index (κ1) is 28.2. The quantitative estimate of drug-likeness (QED) is 0.280. The summed E-state index contributed by atoms with van der Waals surface area (Å²) in [6.07, 6.45) is -12.4. The second kappa shape index (κ2) is 12.7. The van der Waals surface area contributed by atoms with Crippen LogP contribution in [0.25, 0.3) is 0 Å². The van der Waals surface area contributed by atoms with Crippen LogP contribution < -0.4 is 0 Å². The van der Waals surface area contributed by atoms with Gasteiger partial charge in [-0.1, -0.05) is 0 Å². The number of ether oxygens (including phenoxy) is 2. The third-order valence-corrected chi connectivity index (χ3v) is 1.85. The van der Waals surface area contributed by atoms with Crippen LogP contribution in [0.1, 0.15) is 26.7 Å². The molecular weight excluding hydrogens is 413 g/mol. The molecule has 0 N–H and O–H groups in total. The molecule has 0 aliphatic carbocycles. The minimum absolute atomic E-state index is 0. The van der Waals surface area contributed by atoms with E-state index in [0.717, 1.165) is 0 Å². The van der Waals surface area contributed by atoms with E-state index in [9.17, 15) is 45.5 Å². The van der Waals surface area contributed by atoms with Crippen LogP contribution in [0.2, 0.25) is 0 Å². The number of hydrogen-bond acceptors (Lipinski definition) is 6. The molecule has 0 aliphatic heterocycles. The fourth-order valence-corrected chi connectivity index (χ4v) is 0.887. The maximum Gasteiger partial charge on any atom is 0.450 e. The van der Waals surface area contributed by atoms with Crippen molar-refractivity contribution in [2.45, 2.75) is 39.0 Å². The third kappa shape index (κ3) is 15.6. The van der Waals surface area contributed by atoms with Crippen LogP contribution in [0.3, 0.4) is 0 Å². The zero-order chi connectivity index (χ0) is 19.6. The van der Waals surface area contributed by atoms with Gasteiger partial charge in [0.15, 0.2) is 0 Å². The minimum Gasteiger partial charge on any atom is -0.466 e. The van der Waals surface area contributed by atoms with Gasteiger partial charge in [0.05, 0.1) is 13.2 Å². The molecule has 0 unspecified atom stereocenters. The second-order valence-electron chi connectivity index (χ2n) is 3.81. The van der Waals surface area contributed by atoms with E-state index < -0.39 is 48.7 Å². The number of hydrogen-bond donors (Lipinski definition) is 0. The molecule has 0 radical (unpaired) electrons. The fraction of sp³-hybridized carbons (Fsp3) is 0.667. The molecule has 0 fully saturated rings. The van der Waals surface area contributed by atoms with E-state index in [0.29, 0.717) is 0 Å². The zero-order valence-corrected chi connectivity index (χ0v) is 13.8. The number of carbonyl (C=O) groups is 4. The molecule has 0 rings (SSSR count). The molecule has 0 heterocycles. The van der Waals surface area contributed by atoms with E-state index in [1.54, 1.807) is 0 Å². The van der Waals surface area contributed by atoms with Crippen molar-refractivity contribution in [2.24, 2.45) is 0 Å². The molecule has 0 amide bonds. The predicted octanol–water partition coefficient (Wildman–Crippen LogP) is 2.14. The number of carbonyl (C=O) groups excluding carboxylic acids is 4. The van der Waals surface area contributed by atoms with Crippen LogP contribution in [0.4, 0.5) is 26.3 Å². The Hall–Kier alpha value is -1.65. The van der Waals surface area contributed by atoms with Gasteiger partial charge in [-0.15, -0.1) is 0 Å². The number of alkyl halides is 6. The molecule has 0 aromatic heterocycles. The molecule has 0 bridgehead atoms. The van der Waals surface area contributed by atoms with Gasteiger partial charge < -0.3 is 9.47 Å². The summed E-state index contributed by atoms with van der Waals surface area (Å²) in [6, 6.07) is 0. The fourth-order valence-electron chi connectivity index (χ4n) is 0.887. The van der Waals surface area contributed by atoms with Gasteiger partial charge in [0.2, 0.25) is 11.6 Å². The van der Waals surface area contributed by atoms with Gasteiger partial charge >= 0.3 is 24.3 Å². The summed E-state index contributed by atoms with van der Waals surface area (Å²) in [5.74, 6) is -6.47. The van der Waals surface area contributed by atoms with Gasteiger partial charge in [-0.25, -0.2) is 0 Å². The van der Waals surface area contributed by atoms with Crippen molar-refractivity contribution >= 4 is 23.5 Å². The summed E-state index contributed by atoms with van der Waals surface area (Å²) in [7, 11) is 0. The standard InChI is InChI=1S/2C6H7F3O3.Ni/c2*1-2-12-5(11)3-4(10)6(7,8)9;/h2*2-3H2,1H3;. The summed E-state index contributed by atoms with van der Waals surface area (Å²) < 4.78 is 77.3. The van der Waals surface area contributed by atoms with Crippen LogP contribution in [0, 0.1) is 0 Å². The van der Waals surface area contributed by atoms with Gasteiger partial charge in [0, 0.05) is 16.5 Å². The Morgan fingerprint density at radius 3 is 1.08 bits per heavy atom. The van der Waals surface area contributed by atoms with E-state index in [1.165, 1.54) is 13.8 Å². The van der Waals surface area contributed by atoms with Crippen LogP contribution in [-0.2, 0) is 45.1 Å². The Morgan fingerprint density at radius 1 is 0.680 bits per heavy atom. The summed E-state index contributed by atoms with van der Waals surface area (Å²) in [5, 5.41) is 0. The van der Waals surface area contributed by atoms with Gasteiger partial charge in [-0.2, -0.15) is 26.3 Å². The molecule has 0 aliphatic rings. The van der Waals surface area contributed by atoms with Crippen LogP contribution in [-0.4, -0.2) is 49.1 Å². The third-order valence-electron chi connectivity index (χ3n) is 1.85.